The number of ether oxygens (including phenoxy) is 1. The molecule has 1 saturated carbocycles. The molecule has 2 rings (SSSR count). The second-order valence-corrected chi connectivity index (χ2v) is 5.91. The van der Waals surface area contributed by atoms with Crippen molar-refractivity contribution < 1.29 is 19.4 Å². The van der Waals surface area contributed by atoms with Gasteiger partial charge in [0, 0.05) is 26.2 Å². The van der Waals surface area contributed by atoms with Gasteiger partial charge in [0.2, 0.25) is 0 Å². The summed E-state index contributed by atoms with van der Waals surface area (Å²) in [5.74, 6) is -0.937. The van der Waals surface area contributed by atoms with Crippen molar-refractivity contribution in [1.82, 2.24) is 10.2 Å². The molecule has 1 aromatic rings. The van der Waals surface area contributed by atoms with Crippen LogP contribution >= 0.6 is 11.3 Å². The number of hydrogen-bond donors (Lipinski definition) is 2. The molecule has 116 valence electrons. The van der Waals surface area contributed by atoms with Crippen molar-refractivity contribution in [3.63, 3.8) is 0 Å². The van der Waals surface area contributed by atoms with Gasteiger partial charge in [-0.15, -0.1) is 0 Å². The Morgan fingerprint density at radius 1 is 1.57 bits per heavy atom. The van der Waals surface area contributed by atoms with Crippen molar-refractivity contribution in [2.24, 2.45) is 0 Å². The molecule has 0 bridgehead atoms. The van der Waals surface area contributed by atoms with Crippen LogP contribution in [0.5, 0.6) is 0 Å². The Hall–Kier alpha value is -1.60. The Labute approximate surface area is 127 Å². The first-order valence-electron chi connectivity index (χ1n) is 6.90. The fourth-order valence-electron chi connectivity index (χ4n) is 2.07. The number of rotatable bonds is 8. The van der Waals surface area contributed by atoms with Gasteiger partial charge in [0.1, 0.15) is 0 Å². The predicted octanol–water partition coefficient (Wildman–Crippen LogP) is 1.91. The molecule has 2 amide bonds. The van der Waals surface area contributed by atoms with Gasteiger partial charge < -0.3 is 20.1 Å². The minimum absolute atomic E-state index is 0.120. The zero-order valence-electron chi connectivity index (χ0n) is 11.9. The van der Waals surface area contributed by atoms with Gasteiger partial charge in [-0.1, -0.05) is 0 Å². The number of nitrogens with zero attached hydrogens (tertiary/aromatic N) is 1. The maximum atomic E-state index is 12.3. The zero-order valence-corrected chi connectivity index (χ0v) is 12.8. The van der Waals surface area contributed by atoms with Gasteiger partial charge >= 0.3 is 12.0 Å². The number of carboxylic acid groups (broad SMARTS) is 1. The molecule has 0 saturated heterocycles. The predicted molar refractivity (Wildman–Crippen MR) is 79.3 cm³/mol. The van der Waals surface area contributed by atoms with Gasteiger partial charge in [-0.3, -0.25) is 4.79 Å². The first-order chi connectivity index (χ1) is 10.1. The average Bonchev–Trinajstić information content (AvgIpc) is 3.16. The standard InChI is InChI=1S/C14H20N2O4S/c1-20-12(6-13(17)18)7-15-14(19)16(11-2-3-11)8-10-4-5-21-9-10/h4-5,9,11-12H,2-3,6-8H2,1H3,(H,15,19)(H,17,18). The summed E-state index contributed by atoms with van der Waals surface area (Å²) in [4.78, 5) is 24.8. The number of hydrogen-bond acceptors (Lipinski definition) is 4. The van der Waals surface area contributed by atoms with Crippen LogP contribution in [0.2, 0.25) is 0 Å². The smallest absolute Gasteiger partial charge is 0.318 e. The van der Waals surface area contributed by atoms with Crippen molar-refractivity contribution in [3.05, 3.63) is 22.4 Å². The lowest BCUT2D eigenvalue weighted by Crippen LogP contribution is -2.44. The fraction of sp³-hybridized carbons (Fsp3) is 0.571. The summed E-state index contributed by atoms with van der Waals surface area (Å²) >= 11 is 1.61. The Morgan fingerprint density at radius 3 is 2.86 bits per heavy atom. The first kappa shape index (κ1) is 15.8. The van der Waals surface area contributed by atoms with E-state index in [0.717, 1.165) is 18.4 Å². The van der Waals surface area contributed by atoms with Crippen LogP contribution in [0.1, 0.15) is 24.8 Å². The topological polar surface area (TPSA) is 78.9 Å². The van der Waals surface area contributed by atoms with Crippen molar-refractivity contribution >= 4 is 23.3 Å². The second-order valence-electron chi connectivity index (χ2n) is 5.13. The molecule has 7 heteroatoms. The summed E-state index contributed by atoms with van der Waals surface area (Å²) in [6.45, 7) is 0.797. The van der Waals surface area contributed by atoms with E-state index < -0.39 is 12.1 Å². The lowest BCUT2D eigenvalue weighted by atomic mass is 10.2. The summed E-state index contributed by atoms with van der Waals surface area (Å²) in [5, 5.41) is 15.6. The Kier molecular flexibility index (Phi) is 5.58. The second kappa shape index (κ2) is 7.42. The van der Waals surface area contributed by atoms with E-state index in [0.29, 0.717) is 12.6 Å². The molecule has 1 fully saturated rings. The molecule has 1 unspecified atom stereocenters. The van der Waals surface area contributed by atoms with Gasteiger partial charge in [0.15, 0.2) is 0 Å². The summed E-state index contributed by atoms with van der Waals surface area (Å²) in [6.07, 6.45) is 1.43. The maximum Gasteiger partial charge on any atom is 0.318 e. The lowest BCUT2D eigenvalue weighted by molar-refractivity contribution is -0.139. The molecular formula is C14H20N2O4S. The molecule has 6 nitrogen and oxygen atoms in total. The van der Waals surface area contributed by atoms with E-state index in [9.17, 15) is 9.59 Å². The zero-order chi connectivity index (χ0) is 15.2. The van der Waals surface area contributed by atoms with E-state index in [2.05, 4.69) is 5.32 Å². The van der Waals surface area contributed by atoms with Gasteiger partial charge in [0.25, 0.3) is 0 Å². The normalized spacial score (nSPS) is 15.5. The van der Waals surface area contributed by atoms with Crippen LogP contribution < -0.4 is 5.32 Å². The van der Waals surface area contributed by atoms with E-state index >= 15 is 0 Å². The van der Waals surface area contributed by atoms with Gasteiger partial charge in [-0.05, 0) is 35.2 Å². The number of methoxy groups -OCH3 is 1. The Balaban J connectivity index is 1.85. The molecule has 1 aliphatic rings. The van der Waals surface area contributed by atoms with Crippen molar-refractivity contribution in [1.29, 1.82) is 0 Å². The molecule has 1 aromatic heterocycles. The largest absolute Gasteiger partial charge is 0.481 e. The summed E-state index contributed by atoms with van der Waals surface area (Å²) < 4.78 is 5.06. The highest BCUT2D eigenvalue weighted by atomic mass is 32.1. The van der Waals surface area contributed by atoms with Crippen LogP contribution in [-0.4, -0.2) is 47.8 Å². The maximum absolute atomic E-state index is 12.3. The molecular weight excluding hydrogens is 292 g/mol. The van der Waals surface area contributed by atoms with Crippen molar-refractivity contribution in [3.8, 4) is 0 Å². The fourth-order valence-corrected chi connectivity index (χ4v) is 2.73. The van der Waals surface area contributed by atoms with Gasteiger partial charge in [-0.25, -0.2) is 4.79 Å². The highest BCUT2D eigenvalue weighted by Crippen LogP contribution is 2.28. The Morgan fingerprint density at radius 2 is 2.33 bits per heavy atom. The number of carboxylic acids is 1. The number of thiophene rings is 1. The molecule has 1 atom stereocenters. The number of carbonyl (C=O) groups is 2. The van der Waals surface area contributed by atoms with Crippen LogP contribution in [-0.2, 0) is 16.1 Å². The van der Waals surface area contributed by atoms with Crippen LogP contribution in [0.15, 0.2) is 16.8 Å². The minimum atomic E-state index is -0.937. The number of urea groups is 1. The summed E-state index contributed by atoms with van der Waals surface area (Å²) in [7, 11) is 1.45. The van der Waals surface area contributed by atoms with Crippen LogP contribution in [0.25, 0.3) is 0 Å². The van der Waals surface area contributed by atoms with Crippen LogP contribution in [0.4, 0.5) is 4.79 Å². The molecule has 0 radical (unpaired) electrons. The third kappa shape index (κ3) is 5.02. The first-order valence-corrected chi connectivity index (χ1v) is 7.84. The quantitative estimate of drug-likeness (QED) is 0.768. The molecule has 0 aliphatic heterocycles. The number of aliphatic carboxylic acids is 1. The van der Waals surface area contributed by atoms with Crippen molar-refractivity contribution in [2.45, 2.75) is 38.0 Å². The number of nitrogens with one attached hydrogen (secondary N) is 1. The number of carbonyl (C=O) groups excluding carboxylic acids is 1. The van der Waals surface area contributed by atoms with E-state index in [1.807, 2.05) is 21.7 Å². The average molecular weight is 312 g/mol. The molecule has 1 heterocycles. The van der Waals surface area contributed by atoms with E-state index in [-0.39, 0.29) is 19.0 Å². The molecule has 0 aromatic carbocycles. The SMILES string of the molecule is COC(CNC(=O)N(Cc1ccsc1)C1CC1)CC(=O)O. The van der Waals surface area contributed by atoms with E-state index in [4.69, 9.17) is 9.84 Å². The monoisotopic (exact) mass is 312 g/mol. The highest BCUT2D eigenvalue weighted by Gasteiger charge is 2.32. The molecule has 1 aliphatic carbocycles. The van der Waals surface area contributed by atoms with Gasteiger partial charge in [0.05, 0.1) is 12.5 Å². The highest BCUT2D eigenvalue weighted by molar-refractivity contribution is 7.07. The Bertz CT molecular complexity index is 473. The van der Waals surface area contributed by atoms with Crippen LogP contribution in [0.3, 0.4) is 0 Å². The number of amides is 2. The van der Waals surface area contributed by atoms with Gasteiger partial charge in [-0.2, -0.15) is 11.3 Å². The summed E-state index contributed by atoms with van der Waals surface area (Å²) in [5.41, 5.74) is 1.12. The third-order valence-corrected chi connectivity index (χ3v) is 4.13. The molecule has 0 spiro atoms. The van der Waals surface area contributed by atoms with Crippen LogP contribution in [0, 0.1) is 0 Å². The minimum Gasteiger partial charge on any atom is -0.481 e. The molecule has 21 heavy (non-hydrogen) atoms. The van der Waals surface area contributed by atoms with Crippen molar-refractivity contribution in [2.75, 3.05) is 13.7 Å². The van der Waals surface area contributed by atoms with E-state index in [1.54, 1.807) is 11.3 Å². The molecule has 2 N–H and O–H groups in total. The lowest BCUT2D eigenvalue weighted by Gasteiger charge is -2.24. The summed E-state index contributed by atoms with van der Waals surface area (Å²) in [6, 6.07) is 2.15. The third-order valence-electron chi connectivity index (χ3n) is 3.40. The van der Waals surface area contributed by atoms with E-state index in [1.165, 1.54) is 7.11 Å².